The summed E-state index contributed by atoms with van der Waals surface area (Å²) in [4.78, 5) is 17.6. The van der Waals surface area contributed by atoms with Crippen molar-refractivity contribution in [1.29, 1.82) is 0 Å². The molecule has 1 aliphatic rings. The third kappa shape index (κ3) is 2.86. The lowest BCUT2D eigenvalue weighted by Crippen LogP contribution is -2.41. The monoisotopic (exact) mass is 188 g/mol. The third-order valence-electron chi connectivity index (χ3n) is 2.16. The summed E-state index contributed by atoms with van der Waals surface area (Å²) in [6.07, 6.45) is 1.42. The Balaban J connectivity index is 2.28. The molecule has 0 aromatic heterocycles. The van der Waals surface area contributed by atoms with E-state index in [9.17, 15) is 4.79 Å². The Hall–Kier alpha value is -0.810. The normalized spacial score (nSPS) is 18.8. The Kier molecular flexibility index (Phi) is 3.98. The quantitative estimate of drug-likeness (QED) is 0.641. The van der Waals surface area contributed by atoms with Crippen LogP contribution < -0.4 is 5.90 Å². The molecule has 5 nitrogen and oxygen atoms in total. The largest absolute Gasteiger partial charge is 0.450 e. The summed E-state index contributed by atoms with van der Waals surface area (Å²) < 4.78 is 4.87. The predicted molar refractivity (Wildman–Crippen MR) is 46.9 cm³/mol. The molecule has 13 heavy (non-hydrogen) atoms. The highest BCUT2D eigenvalue weighted by atomic mass is 16.6. The molecule has 1 aliphatic heterocycles. The van der Waals surface area contributed by atoms with Gasteiger partial charge in [-0.3, -0.25) is 0 Å². The molecule has 76 valence electrons. The maximum absolute atomic E-state index is 11.2. The lowest BCUT2D eigenvalue weighted by atomic mass is 10.1. The standard InChI is InChI=1S/C8H16N2O3/c1-2-12-8(11)10-5-3-7(13-9)4-6-10/h7H,2-6,9H2,1H3. The van der Waals surface area contributed by atoms with Crippen molar-refractivity contribution < 1.29 is 14.4 Å². The Morgan fingerprint density at radius 3 is 2.62 bits per heavy atom. The fourth-order valence-electron chi connectivity index (χ4n) is 1.39. The fourth-order valence-corrected chi connectivity index (χ4v) is 1.39. The third-order valence-corrected chi connectivity index (χ3v) is 2.16. The number of nitrogens with two attached hydrogens (primary N) is 1. The Morgan fingerprint density at radius 1 is 1.54 bits per heavy atom. The molecule has 0 aromatic carbocycles. The molecule has 1 saturated heterocycles. The van der Waals surface area contributed by atoms with E-state index in [4.69, 9.17) is 15.5 Å². The van der Waals surface area contributed by atoms with Gasteiger partial charge in [0.2, 0.25) is 0 Å². The Bertz CT molecular complexity index is 167. The van der Waals surface area contributed by atoms with Crippen molar-refractivity contribution in [2.75, 3.05) is 19.7 Å². The van der Waals surface area contributed by atoms with E-state index in [0.29, 0.717) is 19.7 Å². The smallest absolute Gasteiger partial charge is 0.409 e. The zero-order valence-electron chi connectivity index (χ0n) is 7.86. The minimum Gasteiger partial charge on any atom is -0.450 e. The number of ether oxygens (including phenoxy) is 1. The van der Waals surface area contributed by atoms with Crippen LogP contribution in [0.4, 0.5) is 4.79 Å². The highest BCUT2D eigenvalue weighted by molar-refractivity contribution is 5.67. The molecule has 1 heterocycles. The fraction of sp³-hybridized carbons (Fsp3) is 0.875. The van der Waals surface area contributed by atoms with Gasteiger partial charge in [-0.05, 0) is 19.8 Å². The van der Waals surface area contributed by atoms with Gasteiger partial charge in [-0.2, -0.15) is 0 Å². The van der Waals surface area contributed by atoms with Gasteiger partial charge in [0.1, 0.15) is 0 Å². The maximum atomic E-state index is 11.2. The summed E-state index contributed by atoms with van der Waals surface area (Å²) in [5.41, 5.74) is 0. The van der Waals surface area contributed by atoms with Crippen LogP contribution in [0.3, 0.4) is 0 Å². The molecule has 0 atom stereocenters. The van der Waals surface area contributed by atoms with Crippen LogP contribution in [0.5, 0.6) is 0 Å². The molecular formula is C8H16N2O3. The van der Waals surface area contributed by atoms with Gasteiger partial charge in [0.15, 0.2) is 0 Å². The first-order valence-corrected chi connectivity index (χ1v) is 4.55. The van der Waals surface area contributed by atoms with Crippen LogP contribution in [0.2, 0.25) is 0 Å². The minimum absolute atomic E-state index is 0.0886. The second-order valence-corrected chi connectivity index (χ2v) is 3.02. The zero-order chi connectivity index (χ0) is 9.68. The van der Waals surface area contributed by atoms with Crippen LogP contribution in [-0.2, 0) is 9.57 Å². The van der Waals surface area contributed by atoms with E-state index in [1.54, 1.807) is 11.8 Å². The number of amides is 1. The average Bonchev–Trinajstić information content (AvgIpc) is 2.18. The van der Waals surface area contributed by atoms with E-state index >= 15 is 0 Å². The summed E-state index contributed by atoms with van der Waals surface area (Å²) >= 11 is 0. The molecule has 2 N–H and O–H groups in total. The lowest BCUT2D eigenvalue weighted by Gasteiger charge is -2.29. The van der Waals surface area contributed by atoms with Gasteiger partial charge in [0, 0.05) is 13.1 Å². The van der Waals surface area contributed by atoms with E-state index in [1.807, 2.05) is 0 Å². The van der Waals surface area contributed by atoms with Crippen LogP contribution in [-0.4, -0.2) is 36.8 Å². The number of nitrogens with zero attached hydrogens (tertiary/aromatic N) is 1. The Morgan fingerprint density at radius 2 is 2.15 bits per heavy atom. The molecule has 0 saturated carbocycles. The molecule has 0 unspecified atom stereocenters. The summed E-state index contributed by atoms with van der Waals surface area (Å²) in [5, 5.41) is 0. The molecule has 0 bridgehead atoms. The summed E-state index contributed by atoms with van der Waals surface area (Å²) in [6.45, 7) is 3.56. The van der Waals surface area contributed by atoms with Crippen molar-refractivity contribution in [3.63, 3.8) is 0 Å². The van der Waals surface area contributed by atoms with Gasteiger partial charge in [-0.25, -0.2) is 10.7 Å². The van der Waals surface area contributed by atoms with Crippen molar-refractivity contribution >= 4 is 6.09 Å². The molecule has 1 amide bonds. The molecule has 0 aliphatic carbocycles. The van der Waals surface area contributed by atoms with E-state index in [1.165, 1.54) is 0 Å². The maximum Gasteiger partial charge on any atom is 0.409 e. The van der Waals surface area contributed by atoms with Gasteiger partial charge in [-0.1, -0.05) is 0 Å². The van der Waals surface area contributed by atoms with Gasteiger partial charge < -0.3 is 14.5 Å². The molecule has 1 fully saturated rings. The number of carbonyl (C=O) groups is 1. The van der Waals surface area contributed by atoms with Crippen molar-refractivity contribution in [3.05, 3.63) is 0 Å². The van der Waals surface area contributed by atoms with Gasteiger partial charge in [0.05, 0.1) is 12.7 Å². The molecule has 0 aromatic rings. The SMILES string of the molecule is CCOC(=O)N1CCC(ON)CC1. The lowest BCUT2D eigenvalue weighted by molar-refractivity contribution is 0.00543. The molecular weight excluding hydrogens is 172 g/mol. The van der Waals surface area contributed by atoms with E-state index in [0.717, 1.165) is 12.8 Å². The summed E-state index contributed by atoms with van der Waals surface area (Å²) in [5.74, 6) is 5.05. The minimum atomic E-state index is -0.238. The van der Waals surface area contributed by atoms with Gasteiger partial charge >= 0.3 is 6.09 Å². The van der Waals surface area contributed by atoms with Crippen LogP contribution >= 0.6 is 0 Å². The number of piperidine rings is 1. The van der Waals surface area contributed by atoms with Crippen LogP contribution in [0, 0.1) is 0 Å². The number of hydrogen-bond donors (Lipinski definition) is 1. The first kappa shape index (κ1) is 10.3. The van der Waals surface area contributed by atoms with Crippen molar-refractivity contribution in [2.24, 2.45) is 5.90 Å². The van der Waals surface area contributed by atoms with Gasteiger partial charge in [-0.15, -0.1) is 0 Å². The molecule has 0 radical (unpaired) electrons. The van der Waals surface area contributed by atoms with E-state index < -0.39 is 0 Å². The van der Waals surface area contributed by atoms with Crippen molar-refractivity contribution in [1.82, 2.24) is 4.90 Å². The molecule has 5 heteroatoms. The number of hydrogen-bond acceptors (Lipinski definition) is 4. The second-order valence-electron chi connectivity index (χ2n) is 3.02. The number of likely N-dealkylation sites (tertiary alicyclic amines) is 1. The molecule has 1 rings (SSSR count). The summed E-state index contributed by atoms with van der Waals surface area (Å²) in [6, 6.07) is 0. The highest BCUT2D eigenvalue weighted by Crippen LogP contribution is 2.12. The average molecular weight is 188 g/mol. The first-order valence-electron chi connectivity index (χ1n) is 4.55. The zero-order valence-corrected chi connectivity index (χ0v) is 7.86. The molecule has 0 spiro atoms. The Labute approximate surface area is 77.7 Å². The second kappa shape index (κ2) is 5.04. The van der Waals surface area contributed by atoms with E-state index in [-0.39, 0.29) is 12.2 Å². The van der Waals surface area contributed by atoms with Crippen molar-refractivity contribution in [2.45, 2.75) is 25.9 Å². The van der Waals surface area contributed by atoms with E-state index in [2.05, 4.69) is 0 Å². The number of rotatable bonds is 2. The summed E-state index contributed by atoms with van der Waals surface area (Å²) in [7, 11) is 0. The van der Waals surface area contributed by atoms with Crippen molar-refractivity contribution in [3.8, 4) is 0 Å². The first-order chi connectivity index (χ1) is 6.27. The predicted octanol–water partition coefficient (Wildman–Crippen LogP) is 0.498. The van der Waals surface area contributed by atoms with Gasteiger partial charge in [0.25, 0.3) is 0 Å². The topological polar surface area (TPSA) is 64.8 Å². The van der Waals surface area contributed by atoms with Crippen LogP contribution in [0.25, 0.3) is 0 Å². The van der Waals surface area contributed by atoms with Crippen LogP contribution in [0.1, 0.15) is 19.8 Å². The number of carbonyl (C=O) groups excluding carboxylic acids is 1. The highest BCUT2D eigenvalue weighted by Gasteiger charge is 2.23. The van der Waals surface area contributed by atoms with Crippen LogP contribution in [0.15, 0.2) is 0 Å².